The van der Waals surface area contributed by atoms with Crippen LogP contribution >= 0.6 is 15.9 Å². The van der Waals surface area contributed by atoms with Crippen molar-refractivity contribution in [3.8, 4) is 0 Å². The second-order valence-corrected chi connectivity index (χ2v) is 10.1. The first-order valence-electron chi connectivity index (χ1n) is 9.28. The van der Waals surface area contributed by atoms with Crippen LogP contribution in [0.4, 0.5) is 4.39 Å². The number of hydrogen-bond acceptors (Lipinski definition) is 4. The molecule has 29 heavy (non-hydrogen) atoms. The van der Waals surface area contributed by atoms with Gasteiger partial charge in [0.15, 0.2) is 5.03 Å². The molecule has 1 amide bonds. The van der Waals surface area contributed by atoms with Crippen molar-refractivity contribution in [3.05, 3.63) is 46.1 Å². The van der Waals surface area contributed by atoms with E-state index in [1.54, 1.807) is 37.7 Å². The highest BCUT2D eigenvalue weighted by atomic mass is 79.9. The van der Waals surface area contributed by atoms with Crippen LogP contribution in [-0.4, -0.2) is 53.2 Å². The number of imidazole rings is 1. The topological polar surface area (TPSA) is 75.5 Å². The van der Waals surface area contributed by atoms with Crippen molar-refractivity contribution < 1.29 is 17.6 Å². The molecule has 1 aromatic heterocycles. The minimum absolute atomic E-state index is 0.0320. The van der Waals surface area contributed by atoms with Crippen molar-refractivity contribution >= 4 is 31.9 Å². The third kappa shape index (κ3) is 4.70. The van der Waals surface area contributed by atoms with E-state index in [-0.39, 0.29) is 42.3 Å². The summed E-state index contributed by atoms with van der Waals surface area (Å²) in [4.78, 5) is 18.4. The molecule has 1 aliphatic heterocycles. The molecule has 0 radical (unpaired) electrons. The number of amides is 1. The molecule has 1 fully saturated rings. The zero-order valence-corrected chi connectivity index (χ0v) is 19.0. The largest absolute Gasteiger partial charge is 0.341 e. The fourth-order valence-corrected chi connectivity index (χ4v) is 5.34. The summed E-state index contributed by atoms with van der Waals surface area (Å²) in [5, 5.41) is 0.0320. The van der Waals surface area contributed by atoms with E-state index in [1.807, 2.05) is 0 Å². The van der Waals surface area contributed by atoms with E-state index in [1.165, 1.54) is 21.5 Å². The van der Waals surface area contributed by atoms with Crippen molar-refractivity contribution in [2.24, 2.45) is 13.0 Å². The average Bonchev–Trinajstić information content (AvgIpc) is 3.03. The van der Waals surface area contributed by atoms with E-state index >= 15 is 0 Å². The van der Waals surface area contributed by atoms with Crippen LogP contribution in [0.3, 0.4) is 0 Å². The first-order valence-corrected chi connectivity index (χ1v) is 11.5. The lowest BCUT2D eigenvalue weighted by molar-refractivity contribution is -0.136. The molecule has 0 saturated carbocycles. The standard InChI is InChI=1S/C19H24BrFN4O3S/c1-13-22-18(12-23(13)2)29(27,28)25-8-6-14(7-9-25)19(26)24(3)11-15-10-16(20)4-5-17(15)21/h4-5,10,12,14H,6-9,11H2,1-3H3. The lowest BCUT2D eigenvalue weighted by Gasteiger charge is -2.32. The van der Waals surface area contributed by atoms with Gasteiger partial charge in [0.1, 0.15) is 11.6 Å². The molecule has 1 aliphatic rings. The number of aryl methyl sites for hydroxylation is 2. The van der Waals surface area contributed by atoms with Crippen LogP contribution < -0.4 is 0 Å². The van der Waals surface area contributed by atoms with E-state index in [4.69, 9.17) is 0 Å². The van der Waals surface area contributed by atoms with Crippen molar-refractivity contribution in [1.29, 1.82) is 0 Å². The van der Waals surface area contributed by atoms with Gasteiger partial charge in [0.25, 0.3) is 10.0 Å². The highest BCUT2D eigenvalue weighted by molar-refractivity contribution is 9.10. The first kappa shape index (κ1) is 21.9. The van der Waals surface area contributed by atoms with Gasteiger partial charge in [0.05, 0.1) is 0 Å². The third-order valence-electron chi connectivity index (χ3n) is 5.29. The summed E-state index contributed by atoms with van der Waals surface area (Å²) in [6.45, 7) is 2.42. The minimum Gasteiger partial charge on any atom is -0.341 e. The summed E-state index contributed by atoms with van der Waals surface area (Å²) >= 11 is 3.31. The molecule has 1 saturated heterocycles. The number of piperidine rings is 1. The molecule has 10 heteroatoms. The van der Waals surface area contributed by atoms with Gasteiger partial charge in [-0.3, -0.25) is 4.79 Å². The number of carbonyl (C=O) groups excluding carboxylic acids is 1. The molecule has 0 aliphatic carbocycles. The molecule has 2 aromatic rings. The monoisotopic (exact) mass is 486 g/mol. The normalized spacial score (nSPS) is 16.2. The maximum atomic E-state index is 14.0. The zero-order chi connectivity index (χ0) is 21.3. The van der Waals surface area contributed by atoms with Crippen LogP contribution in [0.2, 0.25) is 0 Å². The van der Waals surface area contributed by atoms with Gasteiger partial charge in [-0.15, -0.1) is 0 Å². The Bertz CT molecular complexity index is 997. The Morgan fingerprint density at radius 1 is 1.34 bits per heavy atom. The predicted molar refractivity (Wildman–Crippen MR) is 110 cm³/mol. The van der Waals surface area contributed by atoms with E-state index in [0.717, 1.165) is 4.47 Å². The SMILES string of the molecule is Cc1nc(S(=O)(=O)N2CCC(C(=O)N(C)Cc3cc(Br)ccc3F)CC2)cn1C. The van der Waals surface area contributed by atoms with Gasteiger partial charge in [-0.05, 0) is 38.0 Å². The molecule has 1 aromatic carbocycles. The van der Waals surface area contributed by atoms with Crippen LogP contribution in [0.1, 0.15) is 24.2 Å². The van der Waals surface area contributed by atoms with E-state index in [9.17, 15) is 17.6 Å². The first-order chi connectivity index (χ1) is 13.6. The molecule has 7 nitrogen and oxygen atoms in total. The van der Waals surface area contributed by atoms with Gasteiger partial charge in [-0.25, -0.2) is 17.8 Å². The van der Waals surface area contributed by atoms with Crippen LogP contribution in [0, 0.1) is 18.7 Å². The number of sulfonamides is 1. The highest BCUT2D eigenvalue weighted by Gasteiger charge is 2.34. The maximum absolute atomic E-state index is 14.0. The number of carbonyl (C=O) groups is 1. The quantitative estimate of drug-likeness (QED) is 0.650. The molecule has 3 rings (SSSR count). The highest BCUT2D eigenvalue weighted by Crippen LogP contribution is 2.25. The van der Waals surface area contributed by atoms with Gasteiger partial charge < -0.3 is 9.47 Å². The Balaban J connectivity index is 1.62. The zero-order valence-electron chi connectivity index (χ0n) is 16.6. The molecule has 0 N–H and O–H groups in total. The van der Waals surface area contributed by atoms with Gasteiger partial charge in [0.2, 0.25) is 5.91 Å². The van der Waals surface area contributed by atoms with Crippen LogP contribution in [0.25, 0.3) is 0 Å². The number of halogens is 2. The molecule has 158 valence electrons. The minimum atomic E-state index is -3.67. The van der Waals surface area contributed by atoms with Crippen molar-refractivity contribution in [3.63, 3.8) is 0 Å². The predicted octanol–water partition coefficient (Wildman–Crippen LogP) is 2.69. The Morgan fingerprint density at radius 2 is 2.00 bits per heavy atom. The Morgan fingerprint density at radius 3 is 2.59 bits per heavy atom. The lowest BCUT2D eigenvalue weighted by Crippen LogP contribution is -2.43. The number of aromatic nitrogens is 2. The summed E-state index contributed by atoms with van der Waals surface area (Å²) < 4.78 is 43.3. The Kier molecular flexibility index (Phi) is 6.45. The average molecular weight is 487 g/mol. The maximum Gasteiger partial charge on any atom is 0.262 e. The van der Waals surface area contributed by atoms with E-state index < -0.39 is 10.0 Å². The molecular formula is C19H24BrFN4O3S. The lowest BCUT2D eigenvalue weighted by atomic mass is 9.96. The smallest absolute Gasteiger partial charge is 0.262 e. The van der Waals surface area contributed by atoms with Crippen molar-refractivity contribution in [2.75, 3.05) is 20.1 Å². The van der Waals surface area contributed by atoms with Crippen LogP contribution in [-0.2, 0) is 28.4 Å². The van der Waals surface area contributed by atoms with Gasteiger partial charge in [-0.1, -0.05) is 15.9 Å². The second kappa shape index (κ2) is 8.53. The Labute approximate surface area is 178 Å². The Hall–Kier alpha value is -1.78. The molecule has 0 atom stereocenters. The summed E-state index contributed by atoms with van der Waals surface area (Å²) in [5.41, 5.74) is 0.431. The van der Waals surface area contributed by atoms with Gasteiger partial charge in [0, 0.05) is 55.9 Å². The summed E-state index contributed by atoms with van der Waals surface area (Å²) in [5.74, 6) is -0.128. The third-order valence-corrected chi connectivity index (χ3v) is 7.55. The number of benzene rings is 1. The fourth-order valence-electron chi connectivity index (χ4n) is 3.44. The van der Waals surface area contributed by atoms with Crippen molar-refractivity contribution in [1.82, 2.24) is 18.8 Å². The summed E-state index contributed by atoms with van der Waals surface area (Å²) in [6, 6.07) is 4.63. The van der Waals surface area contributed by atoms with Gasteiger partial charge >= 0.3 is 0 Å². The number of rotatable bonds is 5. The van der Waals surface area contributed by atoms with E-state index in [2.05, 4.69) is 20.9 Å². The molecular weight excluding hydrogens is 463 g/mol. The summed E-state index contributed by atoms with van der Waals surface area (Å²) in [6.07, 6.45) is 2.35. The number of hydrogen-bond donors (Lipinski definition) is 0. The molecule has 0 bridgehead atoms. The van der Waals surface area contributed by atoms with Gasteiger partial charge in [-0.2, -0.15) is 4.31 Å². The van der Waals surface area contributed by atoms with Crippen LogP contribution in [0.15, 0.2) is 33.9 Å². The molecule has 2 heterocycles. The van der Waals surface area contributed by atoms with Crippen molar-refractivity contribution in [2.45, 2.75) is 31.3 Å². The van der Waals surface area contributed by atoms with Crippen LogP contribution in [0.5, 0.6) is 0 Å². The fraction of sp³-hybridized carbons (Fsp3) is 0.474. The summed E-state index contributed by atoms with van der Waals surface area (Å²) in [7, 11) is -0.283. The molecule has 0 unspecified atom stereocenters. The second-order valence-electron chi connectivity index (χ2n) is 7.35. The van der Waals surface area contributed by atoms with E-state index in [0.29, 0.717) is 24.2 Å². The molecule has 0 spiro atoms. The number of nitrogens with zero attached hydrogens (tertiary/aromatic N) is 4.